The molecule has 0 amide bonds. The van der Waals surface area contributed by atoms with Gasteiger partial charge in [-0.05, 0) is 12.8 Å². The minimum absolute atomic E-state index is 0.187. The first-order valence-corrected chi connectivity index (χ1v) is 7.34. The molecule has 0 saturated carbocycles. The first kappa shape index (κ1) is 16.7. The first-order chi connectivity index (χ1) is 8.13. The largest absolute Gasteiger partial charge is 0.264 e. The molecule has 0 aliphatic rings. The number of nitrogens with zero attached hydrogens (tertiary/aromatic N) is 1. The number of hydrogen-bond acceptors (Lipinski definition) is 2. The van der Waals surface area contributed by atoms with Crippen molar-refractivity contribution in [3.63, 3.8) is 0 Å². The molecule has 0 aromatic rings. The van der Waals surface area contributed by atoms with E-state index in [2.05, 4.69) is 13.8 Å². The Kier molecular flexibility index (Phi) is 10.6. The molecule has 0 aliphatic carbocycles. The normalized spacial score (nSPS) is 14.5. The molecule has 0 heterocycles. The minimum atomic E-state index is -0.551. The van der Waals surface area contributed by atoms with Crippen LogP contribution in [0.5, 0.6) is 0 Å². The third-order valence-electron chi connectivity index (χ3n) is 3.13. The molecule has 0 fully saturated rings. The van der Waals surface area contributed by atoms with Crippen LogP contribution in [0.15, 0.2) is 0 Å². The lowest BCUT2D eigenvalue weighted by Gasteiger charge is -2.14. The van der Waals surface area contributed by atoms with Crippen molar-refractivity contribution < 1.29 is 4.92 Å². The molecule has 0 aromatic carbocycles. The second kappa shape index (κ2) is 10.8. The van der Waals surface area contributed by atoms with E-state index in [0.29, 0.717) is 6.42 Å². The monoisotopic (exact) mass is 263 g/mol. The molecule has 2 unspecified atom stereocenters. The molecule has 0 bridgehead atoms. The molecular weight excluding hydrogens is 238 g/mol. The van der Waals surface area contributed by atoms with Gasteiger partial charge >= 0.3 is 0 Å². The Morgan fingerprint density at radius 1 is 1.00 bits per heavy atom. The predicted octanol–water partition coefficient (Wildman–Crippen LogP) is 4.79. The summed E-state index contributed by atoms with van der Waals surface area (Å²) in [6.45, 7) is 4.24. The highest BCUT2D eigenvalue weighted by Gasteiger charge is 2.28. The van der Waals surface area contributed by atoms with E-state index in [9.17, 15) is 10.1 Å². The highest BCUT2D eigenvalue weighted by molar-refractivity contribution is 6.21. The summed E-state index contributed by atoms with van der Waals surface area (Å²) in [6.07, 6.45) is 9.06. The fourth-order valence-electron chi connectivity index (χ4n) is 1.97. The highest BCUT2D eigenvalue weighted by atomic mass is 35.5. The van der Waals surface area contributed by atoms with Gasteiger partial charge in [0.15, 0.2) is 0 Å². The molecule has 17 heavy (non-hydrogen) atoms. The average molecular weight is 264 g/mol. The van der Waals surface area contributed by atoms with E-state index in [1.807, 2.05) is 0 Å². The summed E-state index contributed by atoms with van der Waals surface area (Å²) in [5, 5.41) is 10.6. The van der Waals surface area contributed by atoms with E-state index in [4.69, 9.17) is 11.6 Å². The van der Waals surface area contributed by atoms with Gasteiger partial charge in [0.25, 0.3) is 0 Å². The van der Waals surface area contributed by atoms with Crippen molar-refractivity contribution in [2.45, 2.75) is 83.1 Å². The van der Waals surface area contributed by atoms with Crippen LogP contribution in [0.2, 0.25) is 0 Å². The van der Waals surface area contributed by atoms with Gasteiger partial charge in [-0.25, -0.2) is 0 Å². The Labute approximate surface area is 110 Å². The standard InChI is InChI=1S/C13H26ClNO2/c1-3-5-7-8-9-11-13(15(16)17)12(14)10-6-4-2/h12-13H,3-11H2,1-2H3. The van der Waals surface area contributed by atoms with Crippen LogP contribution in [0.25, 0.3) is 0 Å². The van der Waals surface area contributed by atoms with Crippen molar-refractivity contribution in [1.29, 1.82) is 0 Å². The zero-order valence-corrected chi connectivity index (χ0v) is 11.9. The van der Waals surface area contributed by atoms with Gasteiger partial charge in [-0.1, -0.05) is 52.4 Å². The number of rotatable bonds is 11. The van der Waals surface area contributed by atoms with E-state index < -0.39 is 6.04 Å². The molecule has 102 valence electrons. The Hall–Kier alpha value is -0.310. The zero-order valence-electron chi connectivity index (χ0n) is 11.2. The van der Waals surface area contributed by atoms with Gasteiger partial charge in [0.05, 0.1) is 0 Å². The molecule has 0 spiro atoms. The molecule has 0 aliphatic heterocycles. The molecular formula is C13H26ClNO2. The molecule has 0 rings (SSSR count). The third kappa shape index (κ3) is 8.42. The van der Waals surface area contributed by atoms with Gasteiger partial charge in [-0.3, -0.25) is 10.1 Å². The molecule has 0 aromatic heterocycles. The summed E-state index contributed by atoms with van der Waals surface area (Å²) >= 11 is 6.12. The number of alkyl halides is 1. The maximum absolute atomic E-state index is 10.9. The first-order valence-electron chi connectivity index (χ1n) is 6.91. The van der Waals surface area contributed by atoms with Crippen LogP contribution < -0.4 is 0 Å². The summed E-state index contributed by atoms with van der Waals surface area (Å²) in [4.78, 5) is 10.8. The van der Waals surface area contributed by atoms with Gasteiger partial charge in [-0.15, -0.1) is 11.6 Å². The Bertz CT molecular complexity index is 200. The van der Waals surface area contributed by atoms with Crippen molar-refractivity contribution in [2.24, 2.45) is 0 Å². The topological polar surface area (TPSA) is 43.1 Å². The molecule has 4 heteroatoms. The summed E-state index contributed by atoms with van der Waals surface area (Å²) in [5.74, 6) is 0. The summed E-state index contributed by atoms with van der Waals surface area (Å²) < 4.78 is 0. The van der Waals surface area contributed by atoms with Crippen LogP contribution in [-0.2, 0) is 0 Å². The van der Waals surface area contributed by atoms with Gasteiger partial charge in [0.2, 0.25) is 6.04 Å². The van der Waals surface area contributed by atoms with Crippen LogP contribution in [0.3, 0.4) is 0 Å². The van der Waals surface area contributed by atoms with Crippen molar-refractivity contribution in [3.8, 4) is 0 Å². The van der Waals surface area contributed by atoms with E-state index in [1.165, 1.54) is 19.3 Å². The van der Waals surface area contributed by atoms with Crippen LogP contribution in [-0.4, -0.2) is 16.3 Å². The van der Waals surface area contributed by atoms with Gasteiger partial charge in [0, 0.05) is 11.3 Å². The second-order valence-corrected chi connectivity index (χ2v) is 5.27. The molecule has 0 saturated heterocycles. The van der Waals surface area contributed by atoms with E-state index >= 15 is 0 Å². The lowest BCUT2D eigenvalue weighted by Crippen LogP contribution is -2.29. The summed E-state index contributed by atoms with van der Waals surface area (Å²) in [5.41, 5.74) is 0. The van der Waals surface area contributed by atoms with Gasteiger partial charge < -0.3 is 0 Å². The minimum Gasteiger partial charge on any atom is -0.264 e. The van der Waals surface area contributed by atoms with Crippen LogP contribution in [0.1, 0.15) is 71.6 Å². The van der Waals surface area contributed by atoms with Crippen molar-refractivity contribution in [2.75, 3.05) is 0 Å². The molecule has 0 radical (unpaired) electrons. The summed E-state index contributed by atoms with van der Waals surface area (Å²) in [7, 11) is 0. The fourth-order valence-corrected chi connectivity index (χ4v) is 2.34. The lowest BCUT2D eigenvalue weighted by atomic mass is 10.0. The number of nitro groups is 1. The Morgan fingerprint density at radius 2 is 1.59 bits per heavy atom. The third-order valence-corrected chi connectivity index (χ3v) is 3.63. The Morgan fingerprint density at radius 3 is 2.12 bits per heavy atom. The second-order valence-electron chi connectivity index (χ2n) is 4.71. The van der Waals surface area contributed by atoms with Crippen LogP contribution >= 0.6 is 11.6 Å². The van der Waals surface area contributed by atoms with Crippen LogP contribution in [0, 0.1) is 10.1 Å². The molecule has 0 N–H and O–H groups in total. The van der Waals surface area contributed by atoms with Crippen LogP contribution in [0.4, 0.5) is 0 Å². The van der Waals surface area contributed by atoms with E-state index in [0.717, 1.165) is 32.1 Å². The SMILES string of the molecule is CCCCCCCC(C(Cl)CCCC)[N+](=O)[O-]. The maximum Gasteiger partial charge on any atom is 0.229 e. The quantitative estimate of drug-likeness (QED) is 0.233. The van der Waals surface area contributed by atoms with E-state index in [-0.39, 0.29) is 10.3 Å². The highest BCUT2D eigenvalue weighted by Crippen LogP contribution is 2.19. The number of unbranched alkanes of at least 4 members (excludes halogenated alkanes) is 5. The van der Waals surface area contributed by atoms with Crippen molar-refractivity contribution in [3.05, 3.63) is 10.1 Å². The van der Waals surface area contributed by atoms with Gasteiger partial charge in [-0.2, -0.15) is 0 Å². The lowest BCUT2D eigenvalue weighted by molar-refractivity contribution is -0.523. The molecule has 3 nitrogen and oxygen atoms in total. The van der Waals surface area contributed by atoms with Crippen molar-refractivity contribution >= 4 is 11.6 Å². The zero-order chi connectivity index (χ0) is 13.1. The Balaban J connectivity index is 3.85. The predicted molar refractivity (Wildman–Crippen MR) is 73.3 cm³/mol. The number of halogens is 1. The number of hydrogen-bond donors (Lipinski definition) is 0. The fraction of sp³-hybridized carbons (Fsp3) is 1.00. The van der Waals surface area contributed by atoms with Crippen molar-refractivity contribution in [1.82, 2.24) is 0 Å². The van der Waals surface area contributed by atoms with E-state index in [1.54, 1.807) is 0 Å². The maximum atomic E-state index is 10.9. The smallest absolute Gasteiger partial charge is 0.229 e. The molecule has 2 atom stereocenters. The average Bonchev–Trinajstić information content (AvgIpc) is 2.30. The summed E-state index contributed by atoms with van der Waals surface area (Å²) in [6, 6.07) is -0.551. The van der Waals surface area contributed by atoms with Gasteiger partial charge in [0.1, 0.15) is 5.38 Å².